The van der Waals surface area contributed by atoms with E-state index in [2.05, 4.69) is 21.2 Å². The molecule has 0 aliphatic carbocycles. The molecule has 4 nitrogen and oxygen atoms in total. The van der Waals surface area contributed by atoms with Crippen molar-refractivity contribution in [1.29, 1.82) is 0 Å². The first kappa shape index (κ1) is 18.2. The minimum absolute atomic E-state index is 0.118. The van der Waals surface area contributed by atoms with Gasteiger partial charge in [0, 0.05) is 11.0 Å². The minimum Gasteiger partial charge on any atom is -0.481 e. The summed E-state index contributed by atoms with van der Waals surface area (Å²) in [7, 11) is 0. The van der Waals surface area contributed by atoms with E-state index in [0.29, 0.717) is 6.42 Å². The van der Waals surface area contributed by atoms with E-state index in [1.165, 1.54) is 0 Å². The number of carbonyl (C=O) groups is 2. The van der Waals surface area contributed by atoms with Crippen LogP contribution in [0.2, 0.25) is 0 Å². The fourth-order valence-corrected chi connectivity index (χ4v) is 2.91. The number of aryl methyl sites for hydroxylation is 1. The summed E-state index contributed by atoms with van der Waals surface area (Å²) in [5.74, 6) is -1.73. The highest BCUT2D eigenvalue weighted by molar-refractivity contribution is 9.10. The van der Waals surface area contributed by atoms with Crippen molar-refractivity contribution in [3.8, 4) is 0 Å². The van der Waals surface area contributed by atoms with E-state index in [9.17, 15) is 14.7 Å². The molecule has 0 aliphatic heterocycles. The third kappa shape index (κ3) is 5.49. The van der Waals surface area contributed by atoms with Crippen molar-refractivity contribution in [2.75, 3.05) is 6.54 Å². The van der Waals surface area contributed by atoms with Gasteiger partial charge in [-0.2, -0.15) is 0 Å². The summed E-state index contributed by atoms with van der Waals surface area (Å²) in [6.45, 7) is 2.09. The highest BCUT2D eigenvalue weighted by atomic mass is 79.9. The van der Waals surface area contributed by atoms with Gasteiger partial charge in [-0.1, -0.05) is 64.0 Å². The molecular weight excluding hydrogens is 370 g/mol. The maximum atomic E-state index is 12.1. The van der Waals surface area contributed by atoms with Crippen LogP contribution in [0.5, 0.6) is 0 Å². The molecular formula is C19H20BrNO3. The Morgan fingerprint density at radius 3 is 2.58 bits per heavy atom. The van der Waals surface area contributed by atoms with Crippen molar-refractivity contribution in [3.05, 3.63) is 69.7 Å². The molecule has 0 bridgehead atoms. The van der Waals surface area contributed by atoms with Crippen molar-refractivity contribution >= 4 is 27.8 Å². The lowest BCUT2D eigenvalue weighted by Gasteiger charge is -2.14. The lowest BCUT2D eigenvalue weighted by Crippen LogP contribution is -2.35. The zero-order valence-electron chi connectivity index (χ0n) is 13.5. The van der Waals surface area contributed by atoms with E-state index in [-0.39, 0.29) is 18.9 Å². The molecule has 0 heterocycles. The number of nitrogens with one attached hydrogen (secondary N) is 1. The third-order valence-electron chi connectivity index (χ3n) is 3.77. The van der Waals surface area contributed by atoms with E-state index < -0.39 is 11.9 Å². The van der Waals surface area contributed by atoms with Gasteiger partial charge in [0.2, 0.25) is 5.91 Å². The largest absolute Gasteiger partial charge is 0.481 e. The van der Waals surface area contributed by atoms with Crippen molar-refractivity contribution in [1.82, 2.24) is 5.32 Å². The molecule has 0 saturated heterocycles. The average Bonchev–Trinajstić information content (AvgIpc) is 2.53. The Labute approximate surface area is 150 Å². The minimum atomic E-state index is -0.905. The zero-order chi connectivity index (χ0) is 17.5. The second-order valence-corrected chi connectivity index (χ2v) is 6.65. The summed E-state index contributed by atoms with van der Waals surface area (Å²) < 4.78 is 0.870. The van der Waals surface area contributed by atoms with Crippen LogP contribution in [0, 0.1) is 12.8 Å². The molecule has 0 spiro atoms. The summed E-state index contributed by atoms with van der Waals surface area (Å²) in [6.07, 6.45) is 0.616. The van der Waals surface area contributed by atoms with Crippen molar-refractivity contribution in [2.24, 2.45) is 5.92 Å². The van der Waals surface area contributed by atoms with Crippen LogP contribution in [0.25, 0.3) is 0 Å². The van der Waals surface area contributed by atoms with E-state index in [0.717, 1.165) is 21.2 Å². The van der Waals surface area contributed by atoms with Gasteiger partial charge in [0.25, 0.3) is 0 Å². The standard InChI is InChI=1S/C19H20BrNO3/c1-13-5-4-6-14(9-13)10-16(19(23)24)12-21-18(22)11-15-7-2-3-8-17(15)20/h2-9,16H,10-12H2,1H3,(H,21,22)(H,23,24). The summed E-state index contributed by atoms with van der Waals surface area (Å²) in [5.41, 5.74) is 2.93. The number of hydrogen-bond donors (Lipinski definition) is 2. The Kier molecular flexibility index (Phi) is 6.55. The van der Waals surface area contributed by atoms with Gasteiger partial charge >= 0.3 is 5.97 Å². The molecule has 2 aromatic rings. The number of carbonyl (C=O) groups excluding carboxylic acids is 1. The highest BCUT2D eigenvalue weighted by Gasteiger charge is 2.19. The van der Waals surface area contributed by atoms with Crippen LogP contribution >= 0.6 is 15.9 Å². The Balaban J connectivity index is 1.92. The monoisotopic (exact) mass is 389 g/mol. The van der Waals surface area contributed by atoms with Crippen molar-refractivity contribution in [2.45, 2.75) is 19.8 Å². The predicted molar refractivity (Wildman–Crippen MR) is 96.9 cm³/mol. The number of amides is 1. The van der Waals surface area contributed by atoms with Crippen molar-refractivity contribution < 1.29 is 14.7 Å². The normalized spacial score (nSPS) is 11.8. The van der Waals surface area contributed by atoms with Gasteiger partial charge < -0.3 is 10.4 Å². The van der Waals surface area contributed by atoms with Crippen LogP contribution in [0.4, 0.5) is 0 Å². The number of carboxylic acid groups (broad SMARTS) is 1. The van der Waals surface area contributed by atoms with Crippen LogP contribution in [0.1, 0.15) is 16.7 Å². The third-order valence-corrected chi connectivity index (χ3v) is 4.54. The second-order valence-electron chi connectivity index (χ2n) is 5.80. The molecule has 0 fully saturated rings. The molecule has 24 heavy (non-hydrogen) atoms. The summed E-state index contributed by atoms with van der Waals surface area (Å²) in [6, 6.07) is 15.3. The quantitative estimate of drug-likeness (QED) is 0.762. The summed E-state index contributed by atoms with van der Waals surface area (Å²) in [5, 5.41) is 12.1. The van der Waals surface area contributed by atoms with Gasteiger partial charge in [0.15, 0.2) is 0 Å². The molecule has 126 valence electrons. The fourth-order valence-electron chi connectivity index (χ4n) is 2.48. The van der Waals surface area contributed by atoms with Crippen molar-refractivity contribution in [3.63, 3.8) is 0 Å². The van der Waals surface area contributed by atoms with Gasteiger partial charge in [-0.05, 0) is 30.5 Å². The van der Waals surface area contributed by atoms with Gasteiger partial charge in [-0.25, -0.2) is 0 Å². The Hall–Kier alpha value is -2.14. The Bertz CT molecular complexity index is 730. The van der Waals surface area contributed by atoms with Gasteiger partial charge in [-0.3, -0.25) is 9.59 Å². The molecule has 1 unspecified atom stereocenters. The molecule has 0 aliphatic rings. The van der Waals surface area contributed by atoms with Gasteiger partial charge in [0.05, 0.1) is 12.3 Å². The van der Waals surface area contributed by atoms with E-state index in [1.54, 1.807) is 0 Å². The van der Waals surface area contributed by atoms with Gasteiger partial charge in [-0.15, -0.1) is 0 Å². The lowest BCUT2D eigenvalue weighted by atomic mass is 9.98. The van der Waals surface area contributed by atoms with E-state index >= 15 is 0 Å². The molecule has 2 aromatic carbocycles. The molecule has 0 radical (unpaired) electrons. The average molecular weight is 390 g/mol. The van der Waals surface area contributed by atoms with Crippen LogP contribution < -0.4 is 5.32 Å². The molecule has 0 aromatic heterocycles. The first-order valence-electron chi connectivity index (χ1n) is 7.74. The molecule has 0 saturated carbocycles. The number of benzene rings is 2. The molecule has 5 heteroatoms. The number of carboxylic acids is 1. The van der Waals surface area contributed by atoms with Crippen LogP contribution in [-0.4, -0.2) is 23.5 Å². The lowest BCUT2D eigenvalue weighted by molar-refractivity contribution is -0.141. The SMILES string of the molecule is Cc1cccc(CC(CNC(=O)Cc2ccccc2Br)C(=O)O)c1. The predicted octanol–water partition coefficient (Wildman–Crippen LogP) is 3.36. The smallest absolute Gasteiger partial charge is 0.308 e. The summed E-state index contributed by atoms with van der Waals surface area (Å²) in [4.78, 5) is 23.5. The second kappa shape index (κ2) is 8.64. The molecule has 2 N–H and O–H groups in total. The van der Waals surface area contributed by atoms with E-state index in [4.69, 9.17) is 0 Å². The summed E-state index contributed by atoms with van der Waals surface area (Å²) >= 11 is 3.40. The Morgan fingerprint density at radius 2 is 1.92 bits per heavy atom. The van der Waals surface area contributed by atoms with Crippen LogP contribution in [0.15, 0.2) is 53.0 Å². The van der Waals surface area contributed by atoms with E-state index in [1.807, 2.05) is 55.5 Å². The number of hydrogen-bond acceptors (Lipinski definition) is 2. The van der Waals surface area contributed by atoms with Gasteiger partial charge in [0.1, 0.15) is 0 Å². The topological polar surface area (TPSA) is 66.4 Å². The highest BCUT2D eigenvalue weighted by Crippen LogP contribution is 2.16. The number of aliphatic carboxylic acids is 1. The van der Waals surface area contributed by atoms with Crippen LogP contribution in [0.3, 0.4) is 0 Å². The maximum Gasteiger partial charge on any atom is 0.308 e. The maximum absolute atomic E-state index is 12.1. The fraction of sp³-hybridized carbons (Fsp3) is 0.263. The Morgan fingerprint density at radius 1 is 1.17 bits per heavy atom. The molecule has 2 rings (SSSR count). The first-order chi connectivity index (χ1) is 11.5. The molecule has 1 atom stereocenters. The number of halogens is 1. The molecule has 1 amide bonds. The number of rotatable bonds is 7. The first-order valence-corrected chi connectivity index (χ1v) is 8.53. The van der Waals surface area contributed by atoms with Crippen LogP contribution in [-0.2, 0) is 22.4 Å². The zero-order valence-corrected chi connectivity index (χ0v) is 15.0.